The highest BCUT2D eigenvalue weighted by Crippen LogP contribution is 2.38. The van der Waals surface area contributed by atoms with Crippen LogP contribution in [0.2, 0.25) is 0 Å². The van der Waals surface area contributed by atoms with Crippen LogP contribution in [0.15, 0.2) is 30.3 Å². The summed E-state index contributed by atoms with van der Waals surface area (Å²) < 4.78 is 1.84. The highest BCUT2D eigenvalue weighted by atomic mass is 16.3. The number of piperidine rings is 1. The Balaban J connectivity index is 1.38. The van der Waals surface area contributed by atoms with Crippen molar-refractivity contribution in [3.05, 3.63) is 47.3 Å². The van der Waals surface area contributed by atoms with E-state index in [1.807, 2.05) is 43.7 Å². The molecule has 4 heterocycles. The summed E-state index contributed by atoms with van der Waals surface area (Å²) in [5, 5.41) is 19.4. The number of likely N-dealkylation sites (tertiary alicyclic amines) is 1. The fourth-order valence-corrected chi connectivity index (χ4v) is 5.26. The first-order valence-electron chi connectivity index (χ1n) is 11.3. The van der Waals surface area contributed by atoms with E-state index < -0.39 is 5.54 Å². The molecule has 8 heteroatoms. The zero-order valence-electron chi connectivity index (χ0n) is 18.9. The molecule has 3 aromatic rings. The van der Waals surface area contributed by atoms with Crippen LogP contribution in [-0.2, 0) is 17.9 Å². The number of amides is 1. The molecular formula is C24H30N6O2. The lowest BCUT2D eigenvalue weighted by Gasteiger charge is -2.43. The Hall–Kier alpha value is -3.13. The maximum absolute atomic E-state index is 12.9. The summed E-state index contributed by atoms with van der Waals surface area (Å²) in [6.45, 7) is 9.31. The number of nitrogens with zero attached hydrogens (tertiary/aromatic N) is 5. The third-order valence-corrected chi connectivity index (χ3v) is 7.10. The fourth-order valence-electron chi connectivity index (χ4n) is 5.26. The molecular weight excluding hydrogens is 404 g/mol. The normalized spacial score (nSPS) is 18.6. The van der Waals surface area contributed by atoms with E-state index in [9.17, 15) is 9.90 Å². The third-order valence-electron chi connectivity index (χ3n) is 7.10. The largest absolute Gasteiger partial charge is 0.507 e. The van der Waals surface area contributed by atoms with Crippen LogP contribution in [0.4, 0.5) is 5.69 Å². The minimum atomic E-state index is -0.504. The maximum Gasteiger partial charge on any atom is 0.247 e. The summed E-state index contributed by atoms with van der Waals surface area (Å²) in [6, 6.07) is 10.2. The Labute approximate surface area is 187 Å². The van der Waals surface area contributed by atoms with Crippen LogP contribution in [0.1, 0.15) is 36.7 Å². The maximum atomic E-state index is 12.9. The van der Waals surface area contributed by atoms with Gasteiger partial charge >= 0.3 is 0 Å². The highest BCUT2D eigenvalue weighted by molar-refractivity contribution is 5.93. The Morgan fingerprint density at radius 1 is 1.12 bits per heavy atom. The topological polar surface area (TPSA) is 86.5 Å². The van der Waals surface area contributed by atoms with Gasteiger partial charge in [-0.1, -0.05) is 18.2 Å². The van der Waals surface area contributed by atoms with Crippen molar-refractivity contribution in [3.63, 3.8) is 0 Å². The van der Waals surface area contributed by atoms with Crippen LogP contribution in [0, 0.1) is 13.8 Å². The molecule has 2 fully saturated rings. The summed E-state index contributed by atoms with van der Waals surface area (Å²) in [5.41, 5.74) is 3.79. The van der Waals surface area contributed by atoms with Gasteiger partial charge in [-0.25, -0.2) is 9.67 Å². The number of carbonyl (C=O) groups is 1. The van der Waals surface area contributed by atoms with Crippen molar-refractivity contribution in [3.8, 4) is 5.75 Å². The quantitative estimate of drug-likeness (QED) is 0.657. The summed E-state index contributed by atoms with van der Waals surface area (Å²) >= 11 is 0. The lowest BCUT2D eigenvalue weighted by molar-refractivity contribution is -0.125. The van der Waals surface area contributed by atoms with Crippen molar-refractivity contribution in [2.24, 2.45) is 0 Å². The number of anilines is 1. The van der Waals surface area contributed by atoms with Crippen LogP contribution >= 0.6 is 0 Å². The number of rotatable bonds is 4. The van der Waals surface area contributed by atoms with Gasteiger partial charge in [0.2, 0.25) is 5.91 Å². The number of hydrogen-bond acceptors (Lipinski definition) is 6. The number of para-hydroxylation sites is 1. The first-order valence-corrected chi connectivity index (χ1v) is 11.3. The van der Waals surface area contributed by atoms with E-state index in [0.717, 1.165) is 59.6 Å². The van der Waals surface area contributed by atoms with E-state index in [0.29, 0.717) is 19.8 Å². The van der Waals surface area contributed by atoms with E-state index in [1.54, 1.807) is 0 Å². The molecule has 2 aliphatic heterocycles. The van der Waals surface area contributed by atoms with Gasteiger partial charge in [-0.15, -0.1) is 0 Å². The van der Waals surface area contributed by atoms with Gasteiger partial charge in [0.15, 0.2) is 5.65 Å². The average molecular weight is 435 g/mol. The Morgan fingerprint density at radius 3 is 2.53 bits per heavy atom. The van der Waals surface area contributed by atoms with Crippen LogP contribution < -0.4 is 10.2 Å². The lowest BCUT2D eigenvalue weighted by Crippen LogP contribution is -2.56. The van der Waals surface area contributed by atoms with Crippen LogP contribution in [0.25, 0.3) is 11.0 Å². The molecule has 1 amide bonds. The molecule has 8 nitrogen and oxygen atoms in total. The molecule has 0 atom stereocenters. The minimum Gasteiger partial charge on any atom is -0.507 e. The zero-order chi connectivity index (χ0) is 22.5. The molecule has 5 rings (SSSR count). The molecule has 2 aromatic heterocycles. The van der Waals surface area contributed by atoms with Crippen LogP contribution in [-0.4, -0.2) is 56.0 Å². The molecule has 0 bridgehead atoms. The number of aromatic hydroxyl groups is 1. The number of nitrogens with one attached hydrogen (secondary N) is 1. The van der Waals surface area contributed by atoms with Crippen LogP contribution in [0.5, 0.6) is 5.75 Å². The molecule has 0 unspecified atom stereocenters. The number of carbonyl (C=O) groups excluding carboxylic acids is 1. The van der Waals surface area contributed by atoms with E-state index in [4.69, 9.17) is 4.98 Å². The Bertz CT molecular complexity index is 1160. The molecule has 168 valence electrons. The average Bonchev–Trinajstić information content (AvgIpc) is 3.29. The van der Waals surface area contributed by atoms with E-state index in [2.05, 4.69) is 32.3 Å². The molecule has 0 radical (unpaired) electrons. The third kappa shape index (κ3) is 3.12. The first kappa shape index (κ1) is 20.8. The summed E-state index contributed by atoms with van der Waals surface area (Å²) in [7, 11) is 0. The predicted octanol–water partition coefficient (Wildman–Crippen LogP) is 2.70. The van der Waals surface area contributed by atoms with Gasteiger partial charge in [0.1, 0.15) is 11.3 Å². The van der Waals surface area contributed by atoms with Gasteiger partial charge in [0.25, 0.3) is 0 Å². The Morgan fingerprint density at radius 2 is 1.84 bits per heavy atom. The van der Waals surface area contributed by atoms with E-state index >= 15 is 0 Å². The van der Waals surface area contributed by atoms with Crippen molar-refractivity contribution >= 4 is 22.6 Å². The summed E-state index contributed by atoms with van der Waals surface area (Å²) in [4.78, 5) is 22.2. The van der Waals surface area contributed by atoms with Crippen molar-refractivity contribution < 1.29 is 9.90 Å². The second-order valence-electron chi connectivity index (χ2n) is 8.86. The minimum absolute atomic E-state index is 0.116. The van der Waals surface area contributed by atoms with E-state index in [1.165, 1.54) is 0 Å². The number of aryl methyl sites for hydroxylation is 3. The number of fused-ring (bicyclic) bond motifs is 1. The number of pyridine rings is 1. The highest BCUT2D eigenvalue weighted by Gasteiger charge is 2.50. The van der Waals surface area contributed by atoms with Gasteiger partial charge < -0.3 is 15.3 Å². The van der Waals surface area contributed by atoms with Crippen LogP contribution in [0.3, 0.4) is 0 Å². The number of hydrogen-bond donors (Lipinski definition) is 2. The van der Waals surface area contributed by atoms with E-state index in [-0.39, 0.29) is 11.7 Å². The molecule has 32 heavy (non-hydrogen) atoms. The summed E-state index contributed by atoms with van der Waals surface area (Å²) in [6.07, 6.45) is 1.49. The Kier molecular flexibility index (Phi) is 5.04. The SMILES string of the molecule is CCn1nc(C)c2c(O)c(CN3CCC4(CC3)C(=O)NCN4c3ccccc3)c(C)nc21. The standard InChI is InChI=1S/C24H30N6O2/c1-4-30-22-20(17(3)27-30)21(31)19(16(2)26-22)14-28-12-10-24(11-13-28)23(32)25-15-29(24)18-8-6-5-7-9-18/h5-9H,4,10-15H2,1-3H3,(H,25,32)(H,26,31). The van der Waals surface area contributed by atoms with Gasteiger partial charge in [-0.2, -0.15) is 5.10 Å². The lowest BCUT2D eigenvalue weighted by atomic mass is 9.85. The molecule has 0 saturated carbocycles. The number of benzene rings is 1. The van der Waals surface area contributed by atoms with Gasteiger partial charge in [0.05, 0.1) is 17.7 Å². The molecule has 1 spiro atoms. The smallest absolute Gasteiger partial charge is 0.247 e. The van der Waals surface area contributed by atoms with Crippen molar-refractivity contribution in [1.29, 1.82) is 0 Å². The molecule has 2 aliphatic rings. The fraction of sp³-hybridized carbons (Fsp3) is 0.458. The number of aromatic nitrogens is 3. The van der Waals surface area contributed by atoms with Gasteiger partial charge in [0, 0.05) is 43.1 Å². The zero-order valence-corrected chi connectivity index (χ0v) is 18.9. The predicted molar refractivity (Wildman–Crippen MR) is 124 cm³/mol. The van der Waals surface area contributed by atoms with Gasteiger partial charge in [-0.3, -0.25) is 9.69 Å². The van der Waals surface area contributed by atoms with Gasteiger partial charge in [-0.05, 0) is 45.7 Å². The molecule has 0 aliphatic carbocycles. The monoisotopic (exact) mass is 434 g/mol. The molecule has 1 aromatic carbocycles. The molecule has 2 saturated heterocycles. The second-order valence-corrected chi connectivity index (χ2v) is 8.86. The first-order chi connectivity index (χ1) is 15.4. The molecule has 2 N–H and O–H groups in total. The second kappa shape index (κ2) is 7.78. The van der Waals surface area contributed by atoms with Crippen molar-refractivity contribution in [2.75, 3.05) is 24.7 Å². The van der Waals surface area contributed by atoms with Crippen molar-refractivity contribution in [1.82, 2.24) is 25.0 Å². The summed E-state index contributed by atoms with van der Waals surface area (Å²) in [5.74, 6) is 0.403. The van der Waals surface area contributed by atoms with Crippen molar-refractivity contribution in [2.45, 2.75) is 52.2 Å².